The summed E-state index contributed by atoms with van der Waals surface area (Å²) in [7, 11) is 1.53. The molecule has 0 unspecified atom stereocenters. The van der Waals surface area contributed by atoms with Gasteiger partial charge < -0.3 is 15.4 Å². The topological polar surface area (TPSA) is 79.8 Å². The van der Waals surface area contributed by atoms with Gasteiger partial charge >= 0.3 is 0 Å². The largest absolute Gasteiger partial charge is 0.492 e. The second-order valence-corrected chi connectivity index (χ2v) is 3.66. The van der Waals surface area contributed by atoms with Crippen LogP contribution < -0.4 is 10.6 Å². The number of hydrogen-bond donors (Lipinski definition) is 2. The Labute approximate surface area is 113 Å². The Morgan fingerprint density at radius 2 is 2.16 bits per heavy atom. The summed E-state index contributed by atoms with van der Waals surface area (Å²) < 4.78 is 4.76. The highest BCUT2D eigenvalue weighted by molar-refractivity contribution is 5.87. The zero-order valence-corrected chi connectivity index (χ0v) is 11.2. The van der Waals surface area contributed by atoms with Gasteiger partial charge in [-0.25, -0.2) is 0 Å². The van der Waals surface area contributed by atoms with Crippen molar-refractivity contribution in [2.75, 3.05) is 13.7 Å². The van der Waals surface area contributed by atoms with Crippen LogP contribution >= 0.6 is 0 Å². The summed E-state index contributed by atoms with van der Waals surface area (Å²) in [5.41, 5.74) is 0. The molecule has 0 fully saturated rings. The number of aliphatic imine (C=N–C) groups is 1. The number of carbonyl (C=O) groups is 2. The van der Waals surface area contributed by atoms with Gasteiger partial charge in [0, 0.05) is 19.5 Å². The number of hydrogen-bond acceptors (Lipinski definition) is 4. The fourth-order valence-electron chi connectivity index (χ4n) is 1.38. The Balaban J connectivity index is 4.19. The molecule has 0 saturated heterocycles. The lowest BCUT2D eigenvalue weighted by Gasteiger charge is -2.16. The smallest absolute Gasteiger partial charge is 0.258 e. The molecule has 0 aromatic carbocycles. The number of unbranched alkanes of at least 4 members (excludes halogenated alkanes) is 1. The molecule has 6 heteroatoms. The lowest BCUT2D eigenvalue weighted by Crippen LogP contribution is -2.46. The molecule has 0 aliphatic heterocycles. The quantitative estimate of drug-likeness (QED) is 0.348. The molecular weight excluding hydrogens is 246 g/mol. The molecule has 19 heavy (non-hydrogen) atoms. The van der Waals surface area contributed by atoms with Gasteiger partial charge in [-0.05, 0) is 19.3 Å². The van der Waals surface area contributed by atoms with Crippen LogP contribution in [0.2, 0.25) is 0 Å². The third-order valence-corrected chi connectivity index (χ3v) is 2.27. The van der Waals surface area contributed by atoms with Crippen molar-refractivity contribution in [1.82, 2.24) is 10.6 Å². The fraction of sp³-hybridized carbons (Fsp3) is 0.462. The van der Waals surface area contributed by atoms with E-state index < -0.39 is 6.04 Å². The number of amides is 2. The molecule has 0 aliphatic carbocycles. The molecule has 0 aromatic rings. The minimum atomic E-state index is -0.567. The van der Waals surface area contributed by atoms with E-state index in [1.807, 2.05) is 0 Å². The lowest BCUT2D eigenvalue weighted by atomic mass is 10.1. The summed E-state index contributed by atoms with van der Waals surface area (Å²) in [6.45, 7) is 6.65. The van der Waals surface area contributed by atoms with E-state index in [0.29, 0.717) is 6.42 Å². The van der Waals surface area contributed by atoms with Crippen LogP contribution in [-0.4, -0.2) is 37.7 Å². The van der Waals surface area contributed by atoms with Gasteiger partial charge in [-0.2, -0.15) is 0 Å². The monoisotopic (exact) mass is 267 g/mol. The molecule has 0 rings (SSSR count). The molecule has 1 atom stereocenters. The summed E-state index contributed by atoms with van der Waals surface area (Å²) >= 11 is 0. The maximum Gasteiger partial charge on any atom is 0.258 e. The third-order valence-electron chi connectivity index (χ3n) is 2.27. The first-order chi connectivity index (χ1) is 9.15. The molecule has 0 heterocycles. The van der Waals surface area contributed by atoms with Crippen molar-refractivity contribution in [3.63, 3.8) is 0 Å². The summed E-state index contributed by atoms with van der Waals surface area (Å²) in [5.74, 6) is -0.583. The number of likely N-dealkylation sites (N-methyl/N-ethyl adjacent to an activating group) is 1. The molecule has 0 spiro atoms. The van der Waals surface area contributed by atoms with Crippen LogP contribution in [0.5, 0.6) is 0 Å². The molecular formula is C13H21N3O3. The van der Waals surface area contributed by atoms with Crippen LogP contribution in [0.1, 0.15) is 19.3 Å². The van der Waals surface area contributed by atoms with Gasteiger partial charge in [0.15, 0.2) is 6.61 Å². The van der Waals surface area contributed by atoms with E-state index in [1.54, 1.807) is 6.21 Å². The van der Waals surface area contributed by atoms with Crippen LogP contribution in [0.15, 0.2) is 30.6 Å². The highest BCUT2D eigenvalue weighted by Gasteiger charge is 2.18. The molecule has 6 nitrogen and oxygen atoms in total. The normalized spacial score (nSPS) is 11.6. The maximum absolute atomic E-state index is 11.6. The van der Waals surface area contributed by atoms with Crippen LogP contribution in [0, 0.1) is 0 Å². The number of ether oxygens (including phenoxy) is 1. The first-order valence-corrected chi connectivity index (χ1v) is 6.01. The third kappa shape index (κ3) is 8.59. The molecule has 0 aliphatic rings. The molecule has 0 aromatic heterocycles. The van der Waals surface area contributed by atoms with E-state index in [9.17, 15) is 9.59 Å². The SMILES string of the molecule is C=CN=CCCC[C@H](NC(=O)COC=C)C(=O)NC. The first-order valence-electron chi connectivity index (χ1n) is 6.01. The van der Waals surface area contributed by atoms with E-state index >= 15 is 0 Å². The van der Waals surface area contributed by atoms with Gasteiger partial charge in [0.25, 0.3) is 5.91 Å². The van der Waals surface area contributed by atoms with Crippen molar-refractivity contribution in [3.05, 3.63) is 25.6 Å². The fourth-order valence-corrected chi connectivity index (χ4v) is 1.38. The van der Waals surface area contributed by atoms with Crippen LogP contribution in [0.4, 0.5) is 0 Å². The summed E-state index contributed by atoms with van der Waals surface area (Å²) in [4.78, 5) is 26.9. The van der Waals surface area contributed by atoms with E-state index in [1.165, 1.54) is 19.5 Å². The highest BCUT2D eigenvalue weighted by Crippen LogP contribution is 2.00. The van der Waals surface area contributed by atoms with Crippen molar-refractivity contribution in [2.45, 2.75) is 25.3 Å². The van der Waals surface area contributed by atoms with E-state index in [2.05, 4.69) is 28.8 Å². The maximum atomic E-state index is 11.6. The van der Waals surface area contributed by atoms with Crippen molar-refractivity contribution in [1.29, 1.82) is 0 Å². The number of nitrogens with one attached hydrogen (secondary N) is 2. The average Bonchev–Trinajstić information content (AvgIpc) is 2.42. The number of nitrogens with zero attached hydrogens (tertiary/aromatic N) is 1. The van der Waals surface area contributed by atoms with E-state index in [4.69, 9.17) is 4.74 Å². The minimum Gasteiger partial charge on any atom is -0.492 e. The van der Waals surface area contributed by atoms with Gasteiger partial charge in [0.05, 0.1) is 6.26 Å². The van der Waals surface area contributed by atoms with E-state index in [-0.39, 0.29) is 18.4 Å². The molecule has 0 bridgehead atoms. The zero-order valence-electron chi connectivity index (χ0n) is 11.2. The number of rotatable bonds is 10. The Kier molecular flexibility index (Phi) is 9.79. The van der Waals surface area contributed by atoms with Gasteiger partial charge in [-0.3, -0.25) is 14.6 Å². The molecule has 2 amide bonds. The van der Waals surface area contributed by atoms with Crippen LogP contribution in [-0.2, 0) is 14.3 Å². The summed E-state index contributed by atoms with van der Waals surface area (Å²) in [6, 6.07) is -0.567. The van der Waals surface area contributed by atoms with Crippen LogP contribution in [0.25, 0.3) is 0 Å². The lowest BCUT2D eigenvalue weighted by molar-refractivity contribution is -0.130. The van der Waals surface area contributed by atoms with Crippen molar-refractivity contribution in [2.24, 2.45) is 4.99 Å². The summed E-state index contributed by atoms with van der Waals surface area (Å²) in [5, 5.41) is 5.12. The Bertz CT molecular complexity index is 340. The Morgan fingerprint density at radius 1 is 1.42 bits per heavy atom. The second kappa shape index (κ2) is 11.0. The predicted octanol–water partition coefficient (Wildman–Crippen LogP) is 0.762. The van der Waals surface area contributed by atoms with Crippen molar-refractivity contribution in [3.8, 4) is 0 Å². The van der Waals surface area contributed by atoms with E-state index in [0.717, 1.165) is 12.8 Å². The number of carbonyl (C=O) groups excluding carboxylic acids is 2. The van der Waals surface area contributed by atoms with Gasteiger partial charge in [0.1, 0.15) is 6.04 Å². The Morgan fingerprint density at radius 3 is 2.74 bits per heavy atom. The summed E-state index contributed by atoms with van der Waals surface area (Å²) in [6.07, 6.45) is 6.33. The predicted molar refractivity (Wildman–Crippen MR) is 74.7 cm³/mol. The van der Waals surface area contributed by atoms with Gasteiger partial charge in [0.2, 0.25) is 5.91 Å². The molecule has 2 N–H and O–H groups in total. The Hall–Kier alpha value is -2.11. The van der Waals surface area contributed by atoms with Crippen molar-refractivity contribution >= 4 is 18.0 Å². The second-order valence-electron chi connectivity index (χ2n) is 3.66. The average molecular weight is 267 g/mol. The highest BCUT2D eigenvalue weighted by atomic mass is 16.5. The molecule has 0 saturated carbocycles. The standard InChI is InChI=1S/C13H21N3O3/c1-4-15-9-7-6-8-11(13(18)14-3)16-12(17)10-19-5-2/h4-5,9,11H,1-2,6-8,10H2,3H3,(H,14,18)(H,16,17)/t11-/m0/s1. The minimum absolute atomic E-state index is 0.144. The van der Waals surface area contributed by atoms with Gasteiger partial charge in [-0.15, -0.1) is 0 Å². The first kappa shape index (κ1) is 16.9. The molecule has 106 valence electrons. The van der Waals surface area contributed by atoms with Crippen molar-refractivity contribution < 1.29 is 14.3 Å². The van der Waals surface area contributed by atoms with Gasteiger partial charge in [-0.1, -0.05) is 13.2 Å². The zero-order chi connectivity index (χ0) is 14.5. The molecule has 0 radical (unpaired) electrons. The van der Waals surface area contributed by atoms with Crippen LogP contribution in [0.3, 0.4) is 0 Å².